The van der Waals surface area contributed by atoms with E-state index < -0.39 is 17.2 Å². The molecule has 0 amide bonds. The number of nitrogens with zero attached hydrogens (tertiary/aromatic N) is 3. The van der Waals surface area contributed by atoms with E-state index >= 15 is 0 Å². The lowest BCUT2D eigenvalue weighted by atomic mass is 10.3. The standard InChI is InChI=1S/C9H7ClF3N5/c10-8-16-6(9(11,12)13)3-7(17-8)14-4-5-1-2-15-18-5/h1-3H,4H2,(H,15,18)(H,14,16,17). The molecule has 0 aliphatic rings. The van der Waals surface area contributed by atoms with Gasteiger partial charge in [-0.25, -0.2) is 9.97 Å². The maximum atomic E-state index is 12.5. The Bertz CT molecular complexity index is 525. The van der Waals surface area contributed by atoms with Crippen molar-refractivity contribution in [2.45, 2.75) is 12.7 Å². The highest BCUT2D eigenvalue weighted by Gasteiger charge is 2.33. The molecule has 0 aromatic carbocycles. The maximum Gasteiger partial charge on any atom is 0.433 e. The van der Waals surface area contributed by atoms with Crippen molar-refractivity contribution < 1.29 is 13.2 Å². The van der Waals surface area contributed by atoms with Gasteiger partial charge in [0.15, 0.2) is 5.69 Å². The summed E-state index contributed by atoms with van der Waals surface area (Å²) in [5.74, 6) is -0.00285. The average Bonchev–Trinajstić information content (AvgIpc) is 2.77. The summed E-state index contributed by atoms with van der Waals surface area (Å²) in [6.45, 7) is 0.255. The molecule has 18 heavy (non-hydrogen) atoms. The second kappa shape index (κ2) is 4.81. The third-order valence-electron chi connectivity index (χ3n) is 2.01. The Morgan fingerprint density at radius 1 is 1.33 bits per heavy atom. The van der Waals surface area contributed by atoms with Crippen LogP contribution in [0.25, 0.3) is 0 Å². The van der Waals surface area contributed by atoms with E-state index in [0.717, 1.165) is 6.07 Å². The van der Waals surface area contributed by atoms with Gasteiger partial charge in [0.1, 0.15) is 5.82 Å². The Labute approximate surface area is 104 Å². The number of H-pyrrole nitrogens is 1. The molecule has 2 aromatic heterocycles. The average molecular weight is 278 g/mol. The lowest BCUT2D eigenvalue weighted by Crippen LogP contribution is -2.11. The fourth-order valence-corrected chi connectivity index (χ4v) is 1.40. The second-order valence-corrected chi connectivity index (χ2v) is 3.68. The number of alkyl halides is 3. The molecular weight excluding hydrogens is 271 g/mol. The predicted molar refractivity (Wildman–Crippen MR) is 58.0 cm³/mol. The molecule has 0 unspecified atom stereocenters. The van der Waals surface area contributed by atoms with Gasteiger partial charge in [-0.2, -0.15) is 18.3 Å². The molecule has 0 saturated carbocycles. The summed E-state index contributed by atoms with van der Waals surface area (Å²) in [5, 5.41) is 8.59. The minimum Gasteiger partial charge on any atom is -0.364 e. The summed E-state index contributed by atoms with van der Waals surface area (Å²) in [4.78, 5) is 6.77. The Balaban J connectivity index is 2.15. The molecule has 0 aliphatic heterocycles. The first-order valence-electron chi connectivity index (χ1n) is 4.79. The summed E-state index contributed by atoms with van der Waals surface area (Å²) >= 11 is 5.43. The zero-order valence-electron chi connectivity index (χ0n) is 8.79. The van der Waals surface area contributed by atoms with Crippen molar-refractivity contribution in [1.29, 1.82) is 0 Å². The Morgan fingerprint density at radius 3 is 2.72 bits per heavy atom. The lowest BCUT2D eigenvalue weighted by molar-refractivity contribution is -0.141. The van der Waals surface area contributed by atoms with Gasteiger partial charge < -0.3 is 5.32 Å². The fourth-order valence-electron chi connectivity index (χ4n) is 1.22. The molecule has 2 rings (SSSR count). The highest BCUT2D eigenvalue weighted by Crippen LogP contribution is 2.29. The van der Waals surface area contributed by atoms with E-state index in [-0.39, 0.29) is 12.4 Å². The number of aromatic nitrogens is 4. The number of nitrogens with one attached hydrogen (secondary N) is 2. The largest absolute Gasteiger partial charge is 0.433 e. The van der Waals surface area contributed by atoms with Gasteiger partial charge >= 0.3 is 6.18 Å². The smallest absolute Gasteiger partial charge is 0.364 e. The Hall–Kier alpha value is -1.83. The number of hydrogen-bond acceptors (Lipinski definition) is 4. The maximum absolute atomic E-state index is 12.5. The van der Waals surface area contributed by atoms with E-state index in [2.05, 4.69) is 25.5 Å². The highest BCUT2D eigenvalue weighted by molar-refractivity contribution is 6.28. The zero-order chi connectivity index (χ0) is 13.2. The Kier molecular flexibility index (Phi) is 3.37. The minimum atomic E-state index is -4.56. The summed E-state index contributed by atoms with van der Waals surface area (Å²) < 4.78 is 37.4. The molecule has 0 aliphatic carbocycles. The van der Waals surface area contributed by atoms with Gasteiger partial charge in [0.2, 0.25) is 5.28 Å². The van der Waals surface area contributed by atoms with Gasteiger partial charge in [0, 0.05) is 12.3 Å². The number of aromatic amines is 1. The molecule has 0 bridgehead atoms. The number of anilines is 1. The van der Waals surface area contributed by atoms with Crippen LogP contribution in [0.1, 0.15) is 11.4 Å². The van der Waals surface area contributed by atoms with Crippen LogP contribution < -0.4 is 5.32 Å². The Morgan fingerprint density at radius 2 is 2.11 bits per heavy atom. The summed E-state index contributed by atoms with van der Waals surface area (Å²) in [6.07, 6.45) is -3.03. The molecule has 0 saturated heterocycles. The molecule has 2 N–H and O–H groups in total. The van der Waals surface area contributed by atoms with E-state index in [1.165, 1.54) is 6.20 Å². The summed E-state index contributed by atoms with van der Waals surface area (Å²) in [6, 6.07) is 2.47. The predicted octanol–water partition coefficient (Wildman–Crippen LogP) is 2.48. The second-order valence-electron chi connectivity index (χ2n) is 3.34. The van der Waals surface area contributed by atoms with Crippen LogP contribution in [0.4, 0.5) is 19.0 Å². The SMILES string of the molecule is FC(F)(F)c1cc(NCc2ccn[nH]2)nc(Cl)n1. The van der Waals surface area contributed by atoms with Crippen LogP contribution in [-0.2, 0) is 12.7 Å². The van der Waals surface area contributed by atoms with Crippen molar-refractivity contribution >= 4 is 17.4 Å². The summed E-state index contributed by atoms with van der Waals surface area (Å²) in [7, 11) is 0. The first-order valence-corrected chi connectivity index (χ1v) is 5.17. The van der Waals surface area contributed by atoms with Crippen LogP contribution in [0.5, 0.6) is 0 Å². The molecule has 0 radical (unpaired) electrons. The minimum absolute atomic E-state index is 0.00285. The zero-order valence-corrected chi connectivity index (χ0v) is 9.55. The topological polar surface area (TPSA) is 66.5 Å². The first kappa shape index (κ1) is 12.6. The van der Waals surface area contributed by atoms with Crippen molar-refractivity contribution in [1.82, 2.24) is 20.2 Å². The van der Waals surface area contributed by atoms with Crippen molar-refractivity contribution in [3.8, 4) is 0 Å². The fraction of sp³-hybridized carbons (Fsp3) is 0.222. The molecule has 2 aromatic rings. The van der Waals surface area contributed by atoms with E-state index in [4.69, 9.17) is 11.6 Å². The van der Waals surface area contributed by atoms with E-state index in [9.17, 15) is 13.2 Å². The van der Waals surface area contributed by atoms with Gasteiger partial charge in [-0.05, 0) is 17.7 Å². The van der Waals surface area contributed by atoms with E-state index in [1.54, 1.807) is 6.07 Å². The third-order valence-corrected chi connectivity index (χ3v) is 2.18. The highest BCUT2D eigenvalue weighted by atomic mass is 35.5. The molecule has 0 atom stereocenters. The van der Waals surface area contributed by atoms with Crippen LogP contribution in [0.2, 0.25) is 5.28 Å². The van der Waals surface area contributed by atoms with Crippen molar-refractivity contribution in [3.05, 3.63) is 35.0 Å². The molecule has 96 valence electrons. The number of hydrogen-bond donors (Lipinski definition) is 2. The normalized spacial score (nSPS) is 11.6. The molecule has 0 spiro atoms. The first-order chi connectivity index (χ1) is 8.45. The van der Waals surface area contributed by atoms with Crippen molar-refractivity contribution in [3.63, 3.8) is 0 Å². The van der Waals surface area contributed by atoms with Crippen LogP contribution in [0.3, 0.4) is 0 Å². The van der Waals surface area contributed by atoms with Gasteiger partial charge in [-0.3, -0.25) is 5.10 Å². The lowest BCUT2D eigenvalue weighted by Gasteiger charge is -2.09. The number of halogens is 4. The molecular formula is C9H7ClF3N5. The quantitative estimate of drug-likeness (QED) is 0.846. The van der Waals surface area contributed by atoms with Gasteiger partial charge in [0.05, 0.1) is 12.2 Å². The van der Waals surface area contributed by atoms with Crippen LogP contribution in [0, 0.1) is 0 Å². The van der Waals surface area contributed by atoms with Crippen LogP contribution >= 0.6 is 11.6 Å². The van der Waals surface area contributed by atoms with Gasteiger partial charge in [0.25, 0.3) is 0 Å². The summed E-state index contributed by atoms with van der Waals surface area (Å²) in [5.41, 5.74) is -0.382. The van der Waals surface area contributed by atoms with E-state index in [0.29, 0.717) is 5.69 Å². The molecule has 0 fully saturated rings. The van der Waals surface area contributed by atoms with Crippen LogP contribution in [0.15, 0.2) is 18.3 Å². The third kappa shape index (κ3) is 3.10. The molecule has 9 heteroatoms. The van der Waals surface area contributed by atoms with E-state index in [1.807, 2.05) is 0 Å². The van der Waals surface area contributed by atoms with Crippen LogP contribution in [-0.4, -0.2) is 20.2 Å². The number of rotatable bonds is 3. The van der Waals surface area contributed by atoms with Gasteiger partial charge in [-0.15, -0.1) is 0 Å². The molecule has 5 nitrogen and oxygen atoms in total. The molecule has 2 heterocycles. The monoisotopic (exact) mass is 277 g/mol. The van der Waals surface area contributed by atoms with Crippen molar-refractivity contribution in [2.24, 2.45) is 0 Å². The van der Waals surface area contributed by atoms with Crippen molar-refractivity contribution in [2.75, 3.05) is 5.32 Å². The van der Waals surface area contributed by atoms with Gasteiger partial charge in [-0.1, -0.05) is 0 Å².